The summed E-state index contributed by atoms with van der Waals surface area (Å²) in [6, 6.07) is 3.63. The van der Waals surface area contributed by atoms with Crippen LogP contribution in [0.2, 0.25) is 0 Å². The van der Waals surface area contributed by atoms with Crippen LogP contribution in [0.25, 0.3) is 5.65 Å². The van der Waals surface area contributed by atoms with Crippen LogP contribution in [0.3, 0.4) is 0 Å². The molecule has 0 atom stereocenters. The normalized spacial score (nSPS) is 10.6. The molecule has 0 aliphatic heterocycles. The Morgan fingerprint density at radius 3 is 2.95 bits per heavy atom. The molecular weight excluding hydrogens is 244 g/mol. The number of pyridine rings is 1. The monoisotopic (exact) mass is 260 g/mol. The van der Waals surface area contributed by atoms with Crippen molar-refractivity contribution in [2.24, 2.45) is 0 Å². The van der Waals surface area contributed by atoms with Crippen LogP contribution in [0, 0.1) is 6.92 Å². The molecule has 19 heavy (non-hydrogen) atoms. The van der Waals surface area contributed by atoms with Gasteiger partial charge in [0.15, 0.2) is 11.4 Å². The third-order valence-electron chi connectivity index (χ3n) is 2.71. The van der Waals surface area contributed by atoms with Crippen LogP contribution >= 0.6 is 0 Å². The van der Waals surface area contributed by atoms with Gasteiger partial charge in [0.2, 0.25) is 0 Å². The van der Waals surface area contributed by atoms with Crippen LogP contribution in [0.5, 0.6) is 5.75 Å². The zero-order chi connectivity index (χ0) is 14.0. The van der Waals surface area contributed by atoms with Crippen molar-refractivity contribution in [3.63, 3.8) is 0 Å². The maximum atomic E-state index is 10.9. The maximum absolute atomic E-state index is 10.9. The summed E-state index contributed by atoms with van der Waals surface area (Å²) < 4.78 is 7.38. The maximum Gasteiger partial charge on any atom is 0.309 e. The minimum Gasteiger partial charge on any atom is -0.485 e. The molecule has 0 saturated carbocycles. The van der Waals surface area contributed by atoms with Gasteiger partial charge in [0, 0.05) is 6.20 Å². The van der Waals surface area contributed by atoms with E-state index in [1.165, 1.54) is 0 Å². The fourth-order valence-electron chi connectivity index (χ4n) is 1.87. The lowest BCUT2D eigenvalue weighted by Gasteiger charge is -2.07. The van der Waals surface area contributed by atoms with Gasteiger partial charge in [0.05, 0.1) is 17.8 Å². The van der Waals surface area contributed by atoms with Gasteiger partial charge in [0.1, 0.15) is 6.61 Å². The molecule has 5 heteroatoms. The van der Waals surface area contributed by atoms with Crippen LogP contribution in [-0.2, 0) is 11.2 Å². The van der Waals surface area contributed by atoms with Gasteiger partial charge in [-0.1, -0.05) is 6.58 Å². The summed E-state index contributed by atoms with van der Waals surface area (Å²) in [5.74, 6) is -0.247. The van der Waals surface area contributed by atoms with Crippen LogP contribution in [-0.4, -0.2) is 27.1 Å². The van der Waals surface area contributed by atoms with Crippen molar-refractivity contribution in [1.82, 2.24) is 9.38 Å². The Kier molecular flexibility index (Phi) is 3.55. The third kappa shape index (κ3) is 2.76. The number of fused-ring (bicyclic) bond motifs is 1. The number of hydrogen-bond acceptors (Lipinski definition) is 3. The molecule has 2 aromatic rings. The quantitative estimate of drug-likeness (QED) is 0.837. The van der Waals surface area contributed by atoms with Crippen molar-refractivity contribution < 1.29 is 14.6 Å². The Morgan fingerprint density at radius 1 is 1.58 bits per heavy atom. The average molecular weight is 260 g/mol. The summed E-state index contributed by atoms with van der Waals surface area (Å²) in [5.41, 5.74) is 2.92. The van der Waals surface area contributed by atoms with Crippen molar-refractivity contribution in [3.8, 4) is 5.75 Å². The summed E-state index contributed by atoms with van der Waals surface area (Å²) in [6.07, 6.45) is 1.73. The molecule has 0 radical (unpaired) electrons. The molecule has 0 fully saturated rings. The summed E-state index contributed by atoms with van der Waals surface area (Å²) >= 11 is 0. The van der Waals surface area contributed by atoms with Gasteiger partial charge in [-0.05, 0) is 31.6 Å². The number of aryl methyl sites for hydroxylation is 1. The molecule has 100 valence electrons. The van der Waals surface area contributed by atoms with Crippen molar-refractivity contribution in [1.29, 1.82) is 0 Å². The first kappa shape index (κ1) is 13.1. The van der Waals surface area contributed by atoms with E-state index >= 15 is 0 Å². The molecule has 0 aromatic carbocycles. The van der Waals surface area contributed by atoms with Crippen molar-refractivity contribution in [3.05, 3.63) is 41.9 Å². The molecule has 5 nitrogen and oxygen atoms in total. The second-order valence-corrected chi connectivity index (χ2v) is 4.53. The highest BCUT2D eigenvalue weighted by atomic mass is 16.5. The molecule has 2 rings (SSSR count). The highest BCUT2D eigenvalue weighted by molar-refractivity contribution is 5.71. The van der Waals surface area contributed by atoms with Crippen LogP contribution in [0.1, 0.15) is 18.3 Å². The average Bonchev–Trinajstić information content (AvgIpc) is 2.63. The number of aromatic nitrogens is 2. The lowest BCUT2D eigenvalue weighted by atomic mass is 10.2. The standard InChI is InChI=1S/C14H16N2O3/c1-9(2)8-19-12-5-4-6-16-11(7-13(17)18)10(3)15-14(12)16/h4-6H,1,7-8H2,2-3H3,(H,17,18). The topological polar surface area (TPSA) is 63.8 Å². The Balaban J connectivity index is 2.45. The number of carbonyl (C=O) groups is 1. The molecule has 0 amide bonds. The summed E-state index contributed by atoms with van der Waals surface area (Å²) in [4.78, 5) is 15.3. The minimum absolute atomic E-state index is 0.0586. The van der Waals surface area contributed by atoms with E-state index in [2.05, 4.69) is 11.6 Å². The number of hydrogen-bond donors (Lipinski definition) is 1. The van der Waals surface area contributed by atoms with Crippen molar-refractivity contribution in [2.45, 2.75) is 20.3 Å². The van der Waals surface area contributed by atoms with Gasteiger partial charge in [-0.25, -0.2) is 4.98 Å². The highest BCUT2D eigenvalue weighted by Gasteiger charge is 2.14. The fourth-order valence-corrected chi connectivity index (χ4v) is 1.87. The van der Waals surface area contributed by atoms with Gasteiger partial charge in [-0.15, -0.1) is 0 Å². The first-order valence-corrected chi connectivity index (χ1v) is 5.94. The summed E-state index contributed by atoms with van der Waals surface area (Å²) in [7, 11) is 0. The van der Waals surface area contributed by atoms with Gasteiger partial charge in [-0.3, -0.25) is 4.79 Å². The lowest BCUT2D eigenvalue weighted by molar-refractivity contribution is -0.136. The second-order valence-electron chi connectivity index (χ2n) is 4.53. The first-order valence-electron chi connectivity index (χ1n) is 5.94. The lowest BCUT2D eigenvalue weighted by Crippen LogP contribution is -2.05. The number of carboxylic acids is 1. The van der Waals surface area contributed by atoms with Gasteiger partial charge in [-0.2, -0.15) is 0 Å². The molecule has 0 aliphatic rings. The van der Waals surface area contributed by atoms with E-state index in [0.717, 1.165) is 5.57 Å². The zero-order valence-corrected chi connectivity index (χ0v) is 11.0. The van der Waals surface area contributed by atoms with E-state index in [0.29, 0.717) is 29.4 Å². The highest BCUT2D eigenvalue weighted by Crippen LogP contribution is 2.22. The third-order valence-corrected chi connectivity index (χ3v) is 2.71. The molecule has 2 heterocycles. The number of nitrogens with zero attached hydrogens (tertiary/aromatic N) is 2. The van der Waals surface area contributed by atoms with E-state index in [1.54, 1.807) is 17.5 Å². The van der Waals surface area contributed by atoms with Crippen LogP contribution in [0.15, 0.2) is 30.5 Å². The molecule has 0 saturated heterocycles. The minimum atomic E-state index is -0.877. The van der Waals surface area contributed by atoms with E-state index in [1.807, 2.05) is 19.1 Å². The van der Waals surface area contributed by atoms with Crippen molar-refractivity contribution in [2.75, 3.05) is 6.61 Å². The second kappa shape index (κ2) is 5.14. The number of imidazole rings is 1. The Hall–Kier alpha value is -2.30. The summed E-state index contributed by atoms with van der Waals surface area (Å²) in [6.45, 7) is 7.88. The number of aliphatic carboxylic acids is 1. The fraction of sp³-hybridized carbons (Fsp3) is 0.286. The zero-order valence-electron chi connectivity index (χ0n) is 11.0. The molecule has 0 aliphatic carbocycles. The predicted molar refractivity (Wildman–Crippen MR) is 71.6 cm³/mol. The van der Waals surface area contributed by atoms with E-state index < -0.39 is 5.97 Å². The number of carboxylic acid groups (broad SMARTS) is 1. The van der Waals surface area contributed by atoms with E-state index in [9.17, 15) is 4.79 Å². The van der Waals surface area contributed by atoms with Crippen LogP contribution < -0.4 is 4.74 Å². The van der Waals surface area contributed by atoms with Gasteiger partial charge in [0.25, 0.3) is 0 Å². The van der Waals surface area contributed by atoms with E-state index in [-0.39, 0.29) is 6.42 Å². The van der Waals surface area contributed by atoms with Crippen molar-refractivity contribution >= 4 is 11.6 Å². The molecule has 0 bridgehead atoms. The first-order chi connectivity index (χ1) is 8.99. The molecule has 0 spiro atoms. The number of rotatable bonds is 5. The molecule has 2 aromatic heterocycles. The predicted octanol–water partition coefficient (Wildman–Crippen LogP) is 2.22. The summed E-state index contributed by atoms with van der Waals surface area (Å²) in [5, 5.41) is 8.93. The SMILES string of the molecule is C=C(C)COc1cccn2c(CC(=O)O)c(C)nc12. The molecule has 1 N–H and O–H groups in total. The smallest absolute Gasteiger partial charge is 0.309 e. The van der Waals surface area contributed by atoms with Gasteiger partial charge < -0.3 is 14.2 Å². The van der Waals surface area contributed by atoms with Gasteiger partial charge >= 0.3 is 5.97 Å². The van der Waals surface area contributed by atoms with Crippen LogP contribution in [0.4, 0.5) is 0 Å². The Bertz CT molecular complexity index is 643. The molecule has 0 unspecified atom stereocenters. The largest absolute Gasteiger partial charge is 0.485 e. The Morgan fingerprint density at radius 2 is 2.32 bits per heavy atom. The van der Waals surface area contributed by atoms with E-state index in [4.69, 9.17) is 9.84 Å². The number of ether oxygens (including phenoxy) is 1. The Labute approximate surface area is 111 Å². The molecular formula is C14H16N2O3.